The van der Waals surface area contributed by atoms with Gasteiger partial charge in [-0.1, -0.05) is 41.0 Å². The molecule has 0 heterocycles. The largest absolute Gasteiger partial charge is 0.303 e. The molecule has 0 saturated heterocycles. The standard InChI is InChI=1S/C3H6O.C3H8.C2H6/c1-2-3-4;1-3-2;1-2/h3H,2H2,1H3;3H2,1-2H3;1-2H3. The number of carbonyl (C=O) groups excluding carboxylic acids is 1. The zero-order valence-electron chi connectivity index (χ0n) is 7.40. The Morgan fingerprint density at radius 2 is 1.22 bits per heavy atom. The molecular formula is C8H20O. The molecule has 0 bridgehead atoms. The summed E-state index contributed by atoms with van der Waals surface area (Å²) < 4.78 is 0. The fourth-order valence-corrected chi connectivity index (χ4v) is 0. The highest BCUT2D eigenvalue weighted by molar-refractivity contribution is 5.48. The molecule has 0 aromatic rings. The minimum atomic E-state index is 0.639. The van der Waals surface area contributed by atoms with Crippen LogP contribution in [-0.2, 0) is 4.79 Å². The third-order valence-corrected chi connectivity index (χ3v) is 0.167. The molecule has 0 atom stereocenters. The minimum absolute atomic E-state index is 0.639. The van der Waals surface area contributed by atoms with Crippen LogP contribution in [0.25, 0.3) is 0 Å². The molecule has 0 spiro atoms. The lowest BCUT2D eigenvalue weighted by Crippen LogP contribution is -1.55. The van der Waals surface area contributed by atoms with Crippen LogP contribution in [0.1, 0.15) is 47.5 Å². The van der Waals surface area contributed by atoms with Gasteiger partial charge in [-0.25, -0.2) is 0 Å². The molecule has 1 nitrogen and oxygen atoms in total. The quantitative estimate of drug-likeness (QED) is 0.501. The lowest BCUT2D eigenvalue weighted by Gasteiger charge is -1.51. The summed E-state index contributed by atoms with van der Waals surface area (Å²) in [5.41, 5.74) is 0. The summed E-state index contributed by atoms with van der Waals surface area (Å²) in [7, 11) is 0. The molecule has 0 aliphatic carbocycles. The van der Waals surface area contributed by atoms with Crippen LogP contribution >= 0.6 is 0 Å². The maximum absolute atomic E-state index is 9.17. The fourth-order valence-electron chi connectivity index (χ4n) is 0. The summed E-state index contributed by atoms with van der Waals surface area (Å²) in [6, 6.07) is 0. The predicted octanol–water partition coefficient (Wildman–Crippen LogP) is 3.04. The molecule has 0 rings (SSSR count). The van der Waals surface area contributed by atoms with Crippen molar-refractivity contribution in [2.24, 2.45) is 0 Å². The Balaban J connectivity index is -0.0000000646. The average Bonchev–Trinajstić information content (AvgIpc) is 1.94. The maximum Gasteiger partial charge on any atom is 0.119 e. The van der Waals surface area contributed by atoms with Crippen LogP contribution in [0.3, 0.4) is 0 Å². The molecule has 0 unspecified atom stereocenters. The van der Waals surface area contributed by atoms with E-state index >= 15 is 0 Å². The van der Waals surface area contributed by atoms with Crippen molar-refractivity contribution in [1.82, 2.24) is 0 Å². The van der Waals surface area contributed by atoms with Crippen molar-refractivity contribution in [3.8, 4) is 0 Å². The lowest BCUT2D eigenvalue weighted by atomic mass is 10.6. The summed E-state index contributed by atoms with van der Waals surface area (Å²) >= 11 is 0. The predicted molar refractivity (Wildman–Crippen MR) is 43.7 cm³/mol. The van der Waals surface area contributed by atoms with E-state index in [0.717, 1.165) is 6.29 Å². The topological polar surface area (TPSA) is 17.1 Å². The number of hydrogen-bond donors (Lipinski definition) is 0. The Morgan fingerprint density at radius 1 is 1.11 bits per heavy atom. The van der Waals surface area contributed by atoms with Gasteiger partial charge in [-0.15, -0.1) is 0 Å². The number of rotatable bonds is 1. The van der Waals surface area contributed by atoms with Crippen molar-refractivity contribution in [2.75, 3.05) is 0 Å². The zero-order chi connectivity index (χ0) is 8.12. The summed E-state index contributed by atoms with van der Waals surface area (Å²) in [5, 5.41) is 0. The van der Waals surface area contributed by atoms with Gasteiger partial charge in [0.2, 0.25) is 0 Å². The van der Waals surface area contributed by atoms with Gasteiger partial charge in [-0.05, 0) is 0 Å². The van der Waals surface area contributed by atoms with Crippen molar-refractivity contribution in [3.05, 3.63) is 0 Å². The summed E-state index contributed by atoms with van der Waals surface area (Å²) in [5.74, 6) is 0. The van der Waals surface area contributed by atoms with E-state index in [-0.39, 0.29) is 0 Å². The van der Waals surface area contributed by atoms with Crippen molar-refractivity contribution < 1.29 is 4.79 Å². The number of aldehydes is 1. The molecule has 0 radical (unpaired) electrons. The first-order valence-electron chi connectivity index (χ1n) is 3.77. The Bertz CT molecular complexity index is 25.7. The van der Waals surface area contributed by atoms with Crippen molar-refractivity contribution in [1.29, 1.82) is 0 Å². The van der Waals surface area contributed by atoms with Crippen LogP contribution < -0.4 is 0 Å². The second-order valence-electron chi connectivity index (χ2n) is 1.28. The van der Waals surface area contributed by atoms with Gasteiger partial charge in [0.1, 0.15) is 6.29 Å². The molecule has 58 valence electrons. The van der Waals surface area contributed by atoms with E-state index in [1.165, 1.54) is 6.42 Å². The monoisotopic (exact) mass is 132 g/mol. The van der Waals surface area contributed by atoms with Gasteiger partial charge >= 0.3 is 0 Å². The molecule has 0 aromatic carbocycles. The van der Waals surface area contributed by atoms with Gasteiger partial charge in [0.15, 0.2) is 0 Å². The lowest BCUT2D eigenvalue weighted by molar-refractivity contribution is -0.107. The third-order valence-electron chi connectivity index (χ3n) is 0.167. The van der Waals surface area contributed by atoms with Gasteiger partial charge in [-0.3, -0.25) is 0 Å². The molecule has 0 N–H and O–H groups in total. The van der Waals surface area contributed by atoms with Gasteiger partial charge < -0.3 is 4.79 Å². The highest BCUT2D eigenvalue weighted by Gasteiger charge is 1.52. The highest BCUT2D eigenvalue weighted by atomic mass is 16.1. The van der Waals surface area contributed by atoms with E-state index in [4.69, 9.17) is 0 Å². The van der Waals surface area contributed by atoms with E-state index in [9.17, 15) is 4.79 Å². The minimum Gasteiger partial charge on any atom is -0.303 e. The van der Waals surface area contributed by atoms with E-state index in [0.29, 0.717) is 6.42 Å². The molecule has 0 aromatic heterocycles. The first-order valence-corrected chi connectivity index (χ1v) is 3.77. The number of hydrogen-bond acceptors (Lipinski definition) is 1. The van der Waals surface area contributed by atoms with Crippen molar-refractivity contribution >= 4 is 6.29 Å². The summed E-state index contributed by atoms with van der Waals surface area (Å²) in [6.45, 7) is 10.1. The van der Waals surface area contributed by atoms with Gasteiger partial charge in [-0.2, -0.15) is 0 Å². The molecule has 0 fully saturated rings. The van der Waals surface area contributed by atoms with Crippen LogP contribution in [0, 0.1) is 0 Å². The molecule has 1 heteroatoms. The van der Waals surface area contributed by atoms with Crippen LogP contribution in [0.2, 0.25) is 0 Å². The smallest absolute Gasteiger partial charge is 0.119 e. The van der Waals surface area contributed by atoms with Crippen LogP contribution in [-0.4, -0.2) is 6.29 Å². The molecule has 0 saturated carbocycles. The van der Waals surface area contributed by atoms with Gasteiger partial charge in [0.05, 0.1) is 0 Å². The Kier molecular flexibility index (Phi) is 84.4. The van der Waals surface area contributed by atoms with E-state index in [2.05, 4.69) is 13.8 Å². The Morgan fingerprint density at radius 3 is 1.22 bits per heavy atom. The Hall–Kier alpha value is -0.330. The zero-order valence-corrected chi connectivity index (χ0v) is 7.40. The van der Waals surface area contributed by atoms with Gasteiger partial charge in [0.25, 0.3) is 0 Å². The molecule has 9 heavy (non-hydrogen) atoms. The second-order valence-corrected chi connectivity index (χ2v) is 1.28. The third kappa shape index (κ3) is 549. The second kappa shape index (κ2) is 47.9. The Labute approximate surface area is 59.5 Å². The maximum atomic E-state index is 9.17. The SMILES string of the molecule is CC.CCC.CCC=O. The average molecular weight is 132 g/mol. The normalized spacial score (nSPS) is 5.44. The van der Waals surface area contributed by atoms with Gasteiger partial charge in [0, 0.05) is 6.42 Å². The van der Waals surface area contributed by atoms with E-state index in [1.54, 1.807) is 0 Å². The molecular weight excluding hydrogens is 112 g/mol. The molecule has 0 amide bonds. The first kappa shape index (κ1) is 15.9. The van der Waals surface area contributed by atoms with E-state index in [1.807, 2.05) is 20.8 Å². The van der Waals surface area contributed by atoms with Crippen molar-refractivity contribution in [3.63, 3.8) is 0 Å². The first-order chi connectivity index (χ1) is 4.33. The van der Waals surface area contributed by atoms with E-state index < -0.39 is 0 Å². The summed E-state index contributed by atoms with van der Waals surface area (Å²) in [6.07, 6.45) is 2.76. The molecule has 0 aliphatic rings. The van der Waals surface area contributed by atoms with Crippen LogP contribution in [0.4, 0.5) is 0 Å². The number of carbonyl (C=O) groups is 1. The highest BCUT2D eigenvalue weighted by Crippen LogP contribution is 1.56. The summed E-state index contributed by atoms with van der Waals surface area (Å²) in [4.78, 5) is 9.17. The molecule has 0 aliphatic heterocycles. The van der Waals surface area contributed by atoms with Crippen LogP contribution in [0.5, 0.6) is 0 Å². The van der Waals surface area contributed by atoms with Crippen LogP contribution in [0.15, 0.2) is 0 Å². The fraction of sp³-hybridized carbons (Fsp3) is 0.875. The van der Waals surface area contributed by atoms with Crippen molar-refractivity contribution in [2.45, 2.75) is 47.5 Å².